The number of quaternary nitrogens is 1. The lowest BCUT2D eigenvalue weighted by molar-refractivity contribution is -0.932. The highest BCUT2D eigenvalue weighted by Gasteiger charge is 2.59. The number of aromatic nitrogens is 1. The number of amides is 3. The average molecular weight is 448 g/mol. The predicted octanol–water partition coefficient (Wildman–Crippen LogP) is 2.84. The predicted molar refractivity (Wildman–Crippen MR) is 127 cm³/mol. The number of imide groups is 1. The molecular formula is C27H35N4O2+. The van der Waals surface area contributed by atoms with Gasteiger partial charge in [-0.2, -0.15) is 0 Å². The van der Waals surface area contributed by atoms with Crippen molar-refractivity contribution in [1.82, 2.24) is 14.8 Å². The normalized spacial score (nSPS) is 26.4. The van der Waals surface area contributed by atoms with Crippen molar-refractivity contribution < 1.29 is 14.5 Å². The second-order valence-electron chi connectivity index (χ2n) is 9.91. The third-order valence-electron chi connectivity index (χ3n) is 8.04. The summed E-state index contributed by atoms with van der Waals surface area (Å²) in [4.78, 5) is 36.8. The first-order chi connectivity index (χ1) is 16.2. The molecule has 0 bridgehead atoms. The molecule has 33 heavy (non-hydrogen) atoms. The number of nitrogens with zero attached hydrogens (tertiary/aromatic N) is 3. The quantitative estimate of drug-likeness (QED) is 0.693. The molecular weight excluding hydrogens is 412 g/mol. The zero-order chi connectivity index (χ0) is 22.7. The number of piperidine rings is 1. The fourth-order valence-electron chi connectivity index (χ4n) is 6.16. The van der Waals surface area contributed by atoms with E-state index >= 15 is 0 Å². The lowest BCUT2D eigenvalue weighted by Gasteiger charge is -2.43. The lowest BCUT2D eigenvalue weighted by atomic mass is 9.83. The fourth-order valence-corrected chi connectivity index (χ4v) is 6.16. The van der Waals surface area contributed by atoms with Gasteiger partial charge in [-0.3, -0.25) is 14.7 Å². The van der Waals surface area contributed by atoms with Crippen LogP contribution in [0.2, 0.25) is 0 Å². The van der Waals surface area contributed by atoms with E-state index < -0.39 is 5.54 Å². The molecule has 1 saturated carbocycles. The minimum absolute atomic E-state index is 0.0195. The molecule has 1 aromatic heterocycles. The van der Waals surface area contributed by atoms with Crippen molar-refractivity contribution in [2.45, 2.75) is 69.5 Å². The Morgan fingerprint density at radius 3 is 2.36 bits per heavy atom. The van der Waals surface area contributed by atoms with Crippen LogP contribution in [0.4, 0.5) is 4.79 Å². The Hall–Kier alpha value is -2.73. The molecule has 3 amide bonds. The second-order valence-corrected chi connectivity index (χ2v) is 9.91. The number of benzene rings is 1. The summed E-state index contributed by atoms with van der Waals surface area (Å²) < 4.78 is 0. The highest BCUT2D eigenvalue weighted by Crippen LogP contribution is 2.36. The molecule has 1 spiro atoms. The average Bonchev–Trinajstić information content (AvgIpc) is 3.06. The second kappa shape index (κ2) is 9.64. The maximum atomic E-state index is 13.8. The van der Waals surface area contributed by atoms with Gasteiger partial charge in [0.15, 0.2) is 0 Å². The first-order valence-electron chi connectivity index (χ1n) is 12.6. The van der Waals surface area contributed by atoms with E-state index in [4.69, 9.17) is 0 Å². The number of hydrogen-bond acceptors (Lipinski definition) is 3. The highest BCUT2D eigenvalue weighted by atomic mass is 16.2. The summed E-state index contributed by atoms with van der Waals surface area (Å²) in [5, 5.41) is 0. The van der Waals surface area contributed by atoms with E-state index in [-0.39, 0.29) is 18.5 Å². The van der Waals surface area contributed by atoms with Crippen LogP contribution in [0, 0.1) is 0 Å². The Labute approximate surface area is 196 Å². The van der Waals surface area contributed by atoms with E-state index in [2.05, 4.69) is 17.1 Å². The Morgan fingerprint density at radius 2 is 1.67 bits per heavy atom. The molecule has 3 fully saturated rings. The molecule has 1 aliphatic carbocycles. The molecule has 0 atom stereocenters. The van der Waals surface area contributed by atoms with Crippen LogP contribution in [-0.4, -0.2) is 57.9 Å². The number of nitrogens with one attached hydrogen (secondary N) is 1. The van der Waals surface area contributed by atoms with Crippen molar-refractivity contribution in [1.29, 1.82) is 0 Å². The van der Waals surface area contributed by atoms with Crippen molar-refractivity contribution in [2.75, 3.05) is 19.6 Å². The smallest absolute Gasteiger partial charge is 0.328 e. The van der Waals surface area contributed by atoms with Crippen molar-refractivity contribution in [3.05, 3.63) is 66.0 Å². The van der Waals surface area contributed by atoms with Gasteiger partial charge in [0.1, 0.15) is 5.54 Å². The van der Waals surface area contributed by atoms with Crippen LogP contribution in [0.1, 0.15) is 56.2 Å². The molecule has 1 N–H and O–H groups in total. The summed E-state index contributed by atoms with van der Waals surface area (Å²) in [6, 6.07) is 16.5. The Kier molecular flexibility index (Phi) is 6.45. The number of carbonyl (C=O) groups is 2. The van der Waals surface area contributed by atoms with Gasteiger partial charge in [-0.05, 0) is 49.8 Å². The fraction of sp³-hybridized carbons (Fsp3) is 0.519. The lowest BCUT2D eigenvalue weighted by Crippen LogP contribution is -3.17. The van der Waals surface area contributed by atoms with Crippen LogP contribution in [0.25, 0.3) is 0 Å². The van der Waals surface area contributed by atoms with Crippen LogP contribution < -0.4 is 4.90 Å². The van der Waals surface area contributed by atoms with Gasteiger partial charge in [-0.1, -0.05) is 42.8 Å². The largest absolute Gasteiger partial charge is 0.332 e. The SMILES string of the molecule is O=C1N(Cc2ccccn2)C(=O)C2(CC[NH+](C3CCCCC3)CC2)N1CCc1ccccc1. The molecule has 2 aliphatic heterocycles. The maximum absolute atomic E-state index is 13.8. The first kappa shape index (κ1) is 22.1. The molecule has 2 aromatic rings. The zero-order valence-corrected chi connectivity index (χ0v) is 19.4. The van der Waals surface area contributed by atoms with Gasteiger partial charge in [0.2, 0.25) is 0 Å². The van der Waals surface area contributed by atoms with Crippen molar-refractivity contribution in [3.63, 3.8) is 0 Å². The number of hydrogen-bond donors (Lipinski definition) is 1. The summed E-state index contributed by atoms with van der Waals surface area (Å²) in [5.74, 6) is -0.0195. The molecule has 1 aromatic carbocycles. The van der Waals surface area contributed by atoms with Crippen molar-refractivity contribution in [3.8, 4) is 0 Å². The molecule has 0 radical (unpaired) electrons. The van der Waals surface area contributed by atoms with Gasteiger partial charge in [0.05, 0.1) is 31.4 Å². The van der Waals surface area contributed by atoms with E-state index in [0.29, 0.717) is 6.54 Å². The van der Waals surface area contributed by atoms with Crippen molar-refractivity contribution in [2.24, 2.45) is 0 Å². The third kappa shape index (κ3) is 4.41. The Bertz CT molecular complexity index is 951. The Balaban J connectivity index is 1.36. The standard InChI is InChI=1S/C27H34N4O2/c32-25-27(15-19-29(20-16-27)24-12-5-2-6-13-24)31(18-14-22-9-3-1-4-10-22)26(33)30(25)21-23-11-7-8-17-28-23/h1,3-4,7-11,17,24H,2,5-6,12-16,18-21H2/p+1. The van der Waals surface area contributed by atoms with Crippen LogP contribution in [0.3, 0.4) is 0 Å². The number of likely N-dealkylation sites (tertiary alicyclic amines) is 1. The minimum atomic E-state index is -0.696. The van der Waals surface area contributed by atoms with Gasteiger partial charge >= 0.3 is 6.03 Å². The molecule has 6 heteroatoms. The molecule has 174 valence electrons. The molecule has 6 nitrogen and oxygen atoms in total. The van der Waals surface area contributed by atoms with Crippen LogP contribution in [0.5, 0.6) is 0 Å². The van der Waals surface area contributed by atoms with Crippen molar-refractivity contribution >= 4 is 11.9 Å². The topological polar surface area (TPSA) is 58.0 Å². The monoisotopic (exact) mass is 447 g/mol. The number of carbonyl (C=O) groups excluding carboxylic acids is 2. The van der Waals surface area contributed by atoms with E-state index in [9.17, 15) is 9.59 Å². The van der Waals surface area contributed by atoms with E-state index in [1.807, 2.05) is 41.3 Å². The molecule has 5 rings (SSSR count). The molecule has 3 aliphatic rings. The first-order valence-corrected chi connectivity index (χ1v) is 12.6. The Morgan fingerprint density at radius 1 is 0.939 bits per heavy atom. The van der Waals surface area contributed by atoms with Crippen LogP contribution in [-0.2, 0) is 17.8 Å². The number of pyridine rings is 1. The van der Waals surface area contributed by atoms with Gasteiger partial charge in [0, 0.05) is 25.6 Å². The highest BCUT2D eigenvalue weighted by molar-refractivity contribution is 6.07. The number of urea groups is 1. The van der Waals surface area contributed by atoms with Gasteiger partial charge in [-0.15, -0.1) is 0 Å². The summed E-state index contributed by atoms with van der Waals surface area (Å²) in [6.45, 7) is 2.78. The maximum Gasteiger partial charge on any atom is 0.328 e. The zero-order valence-electron chi connectivity index (χ0n) is 19.4. The third-order valence-corrected chi connectivity index (χ3v) is 8.04. The van der Waals surface area contributed by atoms with Gasteiger partial charge in [-0.25, -0.2) is 4.79 Å². The molecule has 2 saturated heterocycles. The van der Waals surface area contributed by atoms with Crippen LogP contribution in [0.15, 0.2) is 54.7 Å². The summed E-state index contributed by atoms with van der Waals surface area (Å²) in [7, 11) is 0. The van der Waals surface area contributed by atoms with Crippen LogP contribution >= 0.6 is 0 Å². The van der Waals surface area contributed by atoms with Gasteiger partial charge < -0.3 is 9.80 Å². The summed E-state index contributed by atoms with van der Waals surface area (Å²) in [5.41, 5.74) is 1.25. The van der Waals surface area contributed by atoms with E-state index in [0.717, 1.165) is 44.1 Å². The summed E-state index contributed by atoms with van der Waals surface area (Å²) in [6.07, 6.45) is 10.6. The molecule has 3 heterocycles. The number of rotatable bonds is 6. The van der Waals surface area contributed by atoms with Gasteiger partial charge in [0.25, 0.3) is 5.91 Å². The summed E-state index contributed by atoms with van der Waals surface area (Å²) >= 11 is 0. The van der Waals surface area contributed by atoms with E-state index in [1.165, 1.54) is 42.6 Å². The molecule has 0 unspecified atom stereocenters. The van der Waals surface area contributed by atoms with E-state index in [1.54, 1.807) is 11.1 Å². The minimum Gasteiger partial charge on any atom is -0.332 e.